The number of aromatic nitrogens is 1. The first-order valence-electron chi connectivity index (χ1n) is 6.26. The summed E-state index contributed by atoms with van der Waals surface area (Å²) >= 11 is 0. The molecule has 0 aliphatic carbocycles. The van der Waals surface area contributed by atoms with Gasteiger partial charge in [-0.1, -0.05) is 0 Å². The summed E-state index contributed by atoms with van der Waals surface area (Å²) in [5, 5.41) is 2.45. The molecule has 1 aromatic rings. The summed E-state index contributed by atoms with van der Waals surface area (Å²) < 4.78 is 4.94. The number of carbonyl (C=O) groups excluding carboxylic acids is 3. The first kappa shape index (κ1) is 15.7. The topological polar surface area (TPSA) is 114 Å². The number of esters is 1. The average Bonchev–Trinajstić information content (AvgIpc) is 2.64. The molecule has 110 valence electrons. The normalized spacial score (nSPS) is 11.8. The smallest absolute Gasteiger partial charge is 0.340 e. The predicted molar refractivity (Wildman–Crippen MR) is 72.3 cm³/mol. The van der Waals surface area contributed by atoms with Gasteiger partial charge in [0, 0.05) is 5.69 Å². The number of rotatable bonds is 5. The third kappa shape index (κ3) is 3.17. The van der Waals surface area contributed by atoms with Crippen molar-refractivity contribution in [3.8, 4) is 0 Å². The number of nitrogens with two attached hydrogens (primary N) is 1. The number of amides is 2. The summed E-state index contributed by atoms with van der Waals surface area (Å²) in [7, 11) is 0. The van der Waals surface area contributed by atoms with Crippen LogP contribution in [-0.4, -0.2) is 35.4 Å². The molecular weight excluding hydrogens is 262 g/mol. The van der Waals surface area contributed by atoms with E-state index in [1.807, 2.05) is 0 Å². The Morgan fingerprint density at radius 3 is 2.45 bits per heavy atom. The molecule has 0 aliphatic heterocycles. The molecule has 1 rings (SSSR count). The van der Waals surface area contributed by atoms with Crippen LogP contribution in [0.25, 0.3) is 0 Å². The predicted octanol–water partition coefficient (Wildman–Crippen LogP) is 0.412. The first-order chi connectivity index (χ1) is 9.29. The van der Waals surface area contributed by atoms with Crippen LogP contribution in [0.3, 0.4) is 0 Å². The number of H-pyrrole nitrogens is 1. The summed E-state index contributed by atoms with van der Waals surface area (Å²) in [6.45, 7) is 6.76. The molecule has 1 unspecified atom stereocenters. The molecule has 2 amide bonds. The number of hydrogen-bond acceptors (Lipinski definition) is 4. The molecule has 7 heteroatoms. The molecule has 1 atom stereocenters. The molecule has 0 aromatic carbocycles. The van der Waals surface area contributed by atoms with Gasteiger partial charge in [0.1, 0.15) is 11.7 Å². The Balaban J connectivity index is 3.04. The van der Waals surface area contributed by atoms with Crippen molar-refractivity contribution in [3.05, 3.63) is 22.5 Å². The highest BCUT2D eigenvalue weighted by molar-refractivity contribution is 6.01. The Labute approximate surface area is 116 Å². The third-order valence-electron chi connectivity index (χ3n) is 2.92. The standard InChI is InChI=1S/C13H19N3O4/c1-5-20-13(19)9-6(2)10(15-7(9)3)12(18)16-8(4)11(14)17/h8,15H,5H2,1-4H3,(H2,14,17)(H,16,18). The second-order valence-electron chi connectivity index (χ2n) is 4.44. The second-order valence-corrected chi connectivity index (χ2v) is 4.44. The lowest BCUT2D eigenvalue weighted by atomic mass is 10.1. The van der Waals surface area contributed by atoms with Crippen molar-refractivity contribution in [3.63, 3.8) is 0 Å². The maximum Gasteiger partial charge on any atom is 0.340 e. The van der Waals surface area contributed by atoms with E-state index in [9.17, 15) is 14.4 Å². The average molecular weight is 281 g/mol. The summed E-state index contributed by atoms with van der Waals surface area (Å²) in [5.41, 5.74) is 6.66. The van der Waals surface area contributed by atoms with Crippen molar-refractivity contribution in [2.24, 2.45) is 5.73 Å². The van der Waals surface area contributed by atoms with E-state index in [0.717, 1.165) is 0 Å². The zero-order chi connectivity index (χ0) is 15.4. The molecular formula is C13H19N3O4. The largest absolute Gasteiger partial charge is 0.462 e. The van der Waals surface area contributed by atoms with Gasteiger partial charge < -0.3 is 20.8 Å². The molecule has 1 heterocycles. The molecule has 0 fully saturated rings. The lowest BCUT2D eigenvalue weighted by Crippen LogP contribution is -2.42. The van der Waals surface area contributed by atoms with Gasteiger partial charge in [0.25, 0.3) is 5.91 Å². The molecule has 0 bridgehead atoms. The number of hydrogen-bond donors (Lipinski definition) is 3. The van der Waals surface area contributed by atoms with Gasteiger partial charge in [0.15, 0.2) is 0 Å². The summed E-state index contributed by atoms with van der Waals surface area (Å²) in [6, 6.07) is -0.795. The lowest BCUT2D eigenvalue weighted by Gasteiger charge is -2.09. The molecule has 0 saturated heterocycles. The molecule has 0 spiro atoms. The van der Waals surface area contributed by atoms with Crippen LogP contribution in [0.4, 0.5) is 0 Å². The van der Waals surface area contributed by atoms with Crippen LogP contribution in [0.2, 0.25) is 0 Å². The van der Waals surface area contributed by atoms with Crippen molar-refractivity contribution in [1.29, 1.82) is 0 Å². The maximum atomic E-state index is 12.0. The fourth-order valence-corrected chi connectivity index (χ4v) is 1.83. The Morgan fingerprint density at radius 1 is 1.35 bits per heavy atom. The van der Waals surface area contributed by atoms with E-state index in [0.29, 0.717) is 16.8 Å². The number of aromatic amines is 1. The van der Waals surface area contributed by atoms with Gasteiger partial charge >= 0.3 is 5.97 Å². The lowest BCUT2D eigenvalue weighted by molar-refractivity contribution is -0.119. The van der Waals surface area contributed by atoms with Crippen LogP contribution in [-0.2, 0) is 9.53 Å². The van der Waals surface area contributed by atoms with Crippen molar-refractivity contribution >= 4 is 17.8 Å². The van der Waals surface area contributed by atoms with E-state index in [4.69, 9.17) is 10.5 Å². The quantitative estimate of drug-likeness (QED) is 0.678. The van der Waals surface area contributed by atoms with E-state index in [1.54, 1.807) is 20.8 Å². The highest BCUT2D eigenvalue weighted by Gasteiger charge is 2.24. The minimum Gasteiger partial charge on any atom is -0.462 e. The van der Waals surface area contributed by atoms with Gasteiger partial charge in [-0.2, -0.15) is 0 Å². The zero-order valence-corrected chi connectivity index (χ0v) is 12.0. The molecule has 0 radical (unpaired) electrons. The van der Waals surface area contributed by atoms with Gasteiger partial charge in [-0.05, 0) is 33.3 Å². The van der Waals surface area contributed by atoms with Crippen LogP contribution < -0.4 is 11.1 Å². The Bertz CT molecular complexity index is 548. The first-order valence-corrected chi connectivity index (χ1v) is 6.26. The van der Waals surface area contributed by atoms with E-state index in [-0.39, 0.29) is 12.3 Å². The molecule has 4 N–H and O–H groups in total. The monoisotopic (exact) mass is 281 g/mol. The van der Waals surface area contributed by atoms with Crippen LogP contribution in [0.1, 0.15) is 46.0 Å². The minimum atomic E-state index is -0.795. The van der Waals surface area contributed by atoms with Crippen LogP contribution >= 0.6 is 0 Å². The number of nitrogens with one attached hydrogen (secondary N) is 2. The molecule has 0 saturated carbocycles. The SMILES string of the molecule is CCOC(=O)c1c(C)[nH]c(C(=O)NC(C)C(N)=O)c1C. The van der Waals surface area contributed by atoms with E-state index < -0.39 is 23.8 Å². The van der Waals surface area contributed by atoms with Gasteiger partial charge in [0.2, 0.25) is 5.91 Å². The van der Waals surface area contributed by atoms with Crippen molar-refractivity contribution in [1.82, 2.24) is 10.3 Å². The van der Waals surface area contributed by atoms with Crippen LogP contribution in [0, 0.1) is 13.8 Å². The van der Waals surface area contributed by atoms with Crippen molar-refractivity contribution in [2.45, 2.75) is 33.7 Å². The van der Waals surface area contributed by atoms with Crippen molar-refractivity contribution < 1.29 is 19.1 Å². The molecule has 20 heavy (non-hydrogen) atoms. The Kier molecular flexibility index (Phi) is 4.90. The highest BCUT2D eigenvalue weighted by Crippen LogP contribution is 2.19. The maximum absolute atomic E-state index is 12.0. The second kappa shape index (κ2) is 6.23. The fourth-order valence-electron chi connectivity index (χ4n) is 1.83. The zero-order valence-electron chi connectivity index (χ0n) is 12.0. The minimum absolute atomic E-state index is 0.221. The van der Waals surface area contributed by atoms with Gasteiger partial charge in [-0.15, -0.1) is 0 Å². The van der Waals surface area contributed by atoms with Crippen LogP contribution in [0.15, 0.2) is 0 Å². The number of primary amides is 1. The fraction of sp³-hybridized carbons (Fsp3) is 0.462. The molecule has 0 aliphatic rings. The third-order valence-corrected chi connectivity index (χ3v) is 2.92. The summed E-state index contributed by atoms with van der Waals surface area (Å²) in [5.74, 6) is -1.61. The molecule has 1 aromatic heterocycles. The van der Waals surface area contributed by atoms with Crippen molar-refractivity contribution in [2.75, 3.05) is 6.61 Å². The van der Waals surface area contributed by atoms with Gasteiger partial charge in [0.05, 0.1) is 12.2 Å². The van der Waals surface area contributed by atoms with Gasteiger partial charge in [-0.25, -0.2) is 4.79 Å². The summed E-state index contributed by atoms with van der Waals surface area (Å²) in [6.07, 6.45) is 0. The Morgan fingerprint density at radius 2 is 1.95 bits per heavy atom. The Hall–Kier alpha value is -2.31. The van der Waals surface area contributed by atoms with Crippen LogP contribution in [0.5, 0.6) is 0 Å². The number of ether oxygens (including phenoxy) is 1. The molecule has 7 nitrogen and oxygen atoms in total. The highest BCUT2D eigenvalue weighted by atomic mass is 16.5. The number of carbonyl (C=O) groups is 3. The van der Waals surface area contributed by atoms with E-state index in [2.05, 4.69) is 10.3 Å². The van der Waals surface area contributed by atoms with E-state index in [1.165, 1.54) is 6.92 Å². The number of aryl methyl sites for hydroxylation is 1. The van der Waals surface area contributed by atoms with E-state index >= 15 is 0 Å². The van der Waals surface area contributed by atoms with Gasteiger partial charge in [-0.3, -0.25) is 9.59 Å². The summed E-state index contributed by atoms with van der Waals surface area (Å²) in [4.78, 5) is 37.6.